The third-order valence-electron chi connectivity index (χ3n) is 3.28. The van der Waals surface area contributed by atoms with Crippen molar-refractivity contribution in [3.8, 4) is 0 Å². The first-order chi connectivity index (χ1) is 10.3. The van der Waals surface area contributed by atoms with E-state index in [4.69, 9.17) is 5.11 Å². The Hall–Kier alpha value is -2.72. The molecule has 0 unspecified atom stereocenters. The van der Waals surface area contributed by atoms with Crippen LogP contribution in [0.1, 0.15) is 16.1 Å². The van der Waals surface area contributed by atoms with Gasteiger partial charge in [0, 0.05) is 17.3 Å². The van der Waals surface area contributed by atoms with E-state index in [-0.39, 0.29) is 12.5 Å². The molecule has 0 radical (unpaired) electrons. The summed E-state index contributed by atoms with van der Waals surface area (Å²) >= 11 is 0. The van der Waals surface area contributed by atoms with Gasteiger partial charge in [0.15, 0.2) is 0 Å². The number of benzene rings is 2. The second kappa shape index (κ2) is 5.73. The molecule has 0 aliphatic heterocycles. The Balaban J connectivity index is 1.90. The van der Waals surface area contributed by atoms with E-state index in [9.17, 15) is 4.79 Å². The highest BCUT2D eigenvalue weighted by Gasteiger charge is 2.11. The average Bonchev–Trinajstić information content (AvgIpc) is 2.55. The smallest absolute Gasteiger partial charge is 0.274 e. The molecule has 1 amide bonds. The standard InChI is InChI=1S/C17H14N2O2/c20-11-12-5-7-14(8-6-12)19-17(21)16-15-4-2-1-3-13(15)9-10-18-16/h1-10,20H,11H2,(H,19,21). The predicted molar refractivity (Wildman–Crippen MR) is 82.1 cm³/mol. The molecule has 0 aliphatic rings. The lowest BCUT2D eigenvalue weighted by Crippen LogP contribution is -2.14. The minimum Gasteiger partial charge on any atom is -0.392 e. The molecular formula is C17H14N2O2. The van der Waals surface area contributed by atoms with E-state index < -0.39 is 0 Å². The fraction of sp³-hybridized carbons (Fsp3) is 0.0588. The van der Waals surface area contributed by atoms with Crippen LogP contribution < -0.4 is 5.32 Å². The third kappa shape index (κ3) is 2.75. The molecule has 0 bridgehead atoms. The minimum atomic E-state index is -0.247. The summed E-state index contributed by atoms with van der Waals surface area (Å²) in [4.78, 5) is 16.5. The van der Waals surface area contributed by atoms with Crippen LogP contribution in [0, 0.1) is 0 Å². The minimum absolute atomic E-state index is 0.0148. The Kier molecular flexibility index (Phi) is 3.62. The first-order valence-electron chi connectivity index (χ1n) is 6.63. The van der Waals surface area contributed by atoms with Crippen LogP contribution >= 0.6 is 0 Å². The second-order valence-electron chi connectivity index (χ2n) is 4.69. The molecule has 0 saturated heterocycles. The Morgan fingerprint density at radius 3 is 2.57 bits per heavy atom. The number of nitrogens with one attached hydrogen (secondary N) is 1. The van der Waals surface area contributed by atoms with Gasteiger partial charge in [0.2, 0.25) is 0 Å². The largest absolute Gasteiger partial charge is 0.392 e. The molecule has 0 aliphatic carbocycles. The molecule has 21 heavy (non-hydrogen) atoms. The predicted octanol–water partition coefficient (Wildman–Crippen LogP) is 2.98. The molecule has 4 nitrogen and oxygen atoms in total. The zero-order valence-corrected chi connectivity index (χ0v) is 11.3. The summed E-state index contributed by atoms with van der Waals surface area (Å²) in [6.07, 6.45) is 1.63. The quantitative estimate of drug-likeness (QED) is 0.774. The number of nitrogens with zero attached hydrogens (tertiary/aromatic N) is 1. The van der Waals surface area contributed by atoms with Crippen LogP contribution in [0.25, 0.3) is 10.8 Å². The van der Waals surface area contributed by atoms with Crippen molar-refractivity contribution in [2.75, 3.05) is 5.32 Å². The van der Waals surface area contributed by atoms with Crippen LogP contribution in [0.2, 0.25) is 0 Å². The van der Waals surface area contributed by atoms with Gasteiger partial charge >= 0.3 is 0 Å². The average molecular weight is 278 g/mol. The van der Waals surface area contributed by atoms with Gasteiger partial charge in [-0.1, -0.05) is 36.4 Å². The van der Waals surface area contributed by atoms with Crippen LogP contribution in [0.3, 0.4) is 0 Å². The molecule has 4 heteroatoms. The summed E-state index contributed by atoms with van der Waals surface area (Å²) in [5.41, 5.74) is 1.88. The van der Waals surface area contributed by atoms with E-state index in [0.29, 0.717) is 11.4 Å². The lowest BCUT2D eigenvalue weighted by atomic mass is 10.1. The van der Waals surface area contributed by atoms with E-state index in [2.05, 4.69) is 10.3 Å². The SMILES string of the molecule is O=C(Nc1ccc(CO)cc1)c1nccc2ccccc12. The van der Waals surface area contributed by atoms with Gasteiger partial charge in [0.25, 0.3) is 5.91 Å². The summed E-state index contributed by atoms with van der Waals surface area (Å²) in [6.45, 7) is -0.0148. The number of hydrogen-bond donors (Lipinski definition) is 2. The molecule has 3 aromatic rings. The summed E-state index contributed by atoms with van der Waals surface area (Å²) < 4.78 is 0. The highest BCUT2D eigenvalue weighted by Crippen LogP contribution is 2.18. The van der Waals surface area contributed by atoms with E-state index in [1.165, 1.54) is 0 Å². The van der Waals surface area contributed by atoms with Crippen LogP contribution in [0.5, 0.6) is 0 Å². The maximum absolute atomic E-state index is 12.4. The maximum atomic E-state index is 12.4. The van der Waals surface area contributed by atoms with E-state index in [0.717, 1.165) is 16.3 Å². The molecule has 2 N–H and O–H groups in total. The van der Waals surface area contributed by atoms with Crippen molar-refractivity contribution in [3.05, 3.63) is 72.1 Å². The van der Waals surface area contributed by atoms with Crippen molar-refractivity contribution in [2.45, 2.75) is 6.61 Å². The van der Waals surface area contributed by atoms with Crippen molar-refractivity contribution >= 4 is 22.4 Å². The van der Waals surface area contributed by atoms with Crippen molar-refractivity contribution in [1.29, 1.82) is 0 Å². The number of aliphatic hydroxyl groups excluding tert-OH is 1. The van der Waals surface area contributed by atoms with Crippen LogP contribution in [-0.2, 0) is 6.61 Å². The molecule has 1 aromatic heterocycles. The summed E-state index contributed by atoms with van der Waals surface area (Å²) in [5, 5.41) is 13.6. The number of rotatable bonds is 3. The summed E-state index contributed by atoms with van der Waals surface area (Å²) in [6, 6.07) is 16.6. The topological polar surface area (TPSA) is 62.2 Å². The summed E-state index contributed by atoms with van der Waals surface area (Å²) in [5.74, 6) is -0.247. The molecule has 0 atom stereocenters. The lowest BCUT2D eigenvalue weighted by molar-refractivity contribution is 0.102. The Bertz CT molecular complexity index is 777. The maximum Gasteiger partial charge on any atom is 0.274 e. The van der Waals surface area contributed by atoms with Crippen molar-refractivity contribution in [3.63, 3.8) is 0 Å². The number of aromatic nitrogens is 1. The number of aliphatic hydroxyl groups is 1. The first-order valence-corrected chi connectivity index (χ1v) is 6.63. The monoisotopic (exact) mass is 278 g/mol. The highest BCUT2D eigenvalue weighted by molar-refractivity contribution is 6.11. The molecule has 3 rings (SSSR count). The summed E-state index contributed by atoms with van der Waals surface area (Å²) in [7, 11) is 0. The Morgan fingerprint density at radius 1 is 1.05 bits per heavy atom. The normalized spacial score (nSPS) is 10.5. The van der Waals surface area contributed by atoms with E-state index in [1.807, 2.05) is 30.3 Å². The Morgan fingerprint density at radius 2 is 1.81 bits per heavy atom. The van der Waals surface area contributed by atoms with Gasteiger partial charge in [0.05, 0.1) is 6.61 Å². The van der Waals surface area contributed by atoms with E-state index in [1.54, 1.807) is 30.5 Å². The van der Waals surface area contributed by atoms with Crippen molar-refractivity contribution in [2.24, 2.45) is 0 Å². The molecule has 0 spiro atoms. The number of carbonyl (C=O) groups excluding carboxylic acids is 1. The fourth-order valence-corrected chi connectivity index (χ4v) is 2.18. The zero-order chi connectivity index (χ0) is 14.7. The molecule has 1 heterocycles. The van der Waals surface area contributed by atoms with Gasteiger partial charge in [-0.05, 0) is 29.1 Å². The third-order valence-corrected chi connectivity index (χ3v) is 3.28. The van der Waals surface area contributed by atoms with E-state index >= 15 is 0 Å². The molecule has 0 saturated carbocycles. The fourth-order valence-electron chi connectivity index (χ4n) is 2.18. The number of hydrogen-bond acceptors (Lipinski definition) is 3. The number of fused-ring (bicyclic) bond motifs is 1. The van der Waals surface area contributed by atoms with Gasteiger partial charge < -0.3 is 10.4 Å². The van der Waals surface area contributed by atoms with Crippen molar-refractivity contribution in [1.82, 2.24) is 4.98 Å². The van der Waals surface area contributed by atoms with Gasteiger partial charge in [-0.2, -0.15) is 0 Å². The van der Waals surface area contributed by atoms with Gasteiger partial charge in [-0.25, -0.2) is 0 Å². The zero-order valence-electron chi connectivity index (χ0n) is 11.3. The lowest BCUT2D eigenvalue weighted by Gasteiger charge is -2.07. The van der Waals surface area contributed by atoms with Gasteiger partial charge in [-0.15, -0.1) is 0 Å². The first kappa shape index (κ1) is 13.3. The van der Waals surface area contributed by atoms with Crippen LogP contribution in [0.15, 0.2) is 60.8 Å². The Labute approximate surface area is 122 Å². The number of amides is 1. The molecular weight excluding hydrogens is 264 g/mol. The van der Waals surface area contributed by atoms with Gasteiger partial charge in [-0.3, -0.25) is 9.78 Å². The molecule has 104 valence electrons. The van der Waals surface area contributed by atoms with Crippen molar-refractivity contribution < 1.29 is 9.90 Å². The van der Waals surface area contributed by atoms with Gasteiger partial charge in [0.1, 0.15) is 5.69 Å². The van der Waals surface area contributed by atoms with Crippen LogP contribution in [-0.4, -0.2) is 16.0 Å². The number of anilines is 1. The second-order valence-corrected chi connectivity index (χ2v) is 4.69. The number of carbonyl (C=O) groups is 1. The number of pyridine rings is 1. The highest BCUT2D eigenvalue weighted by atomic mass is 16.3. The molecule has 2 aromatic carbocycles. The molecule has 0 fully saturated rings. The van der Waals surface area contributed by atoms with Crippen LogP contribution in [0.4, 0.5) is 5.69 Å².